The largest absolute Gasteiger partial charge is 0.459 e. The second kappa shape index (κ2) is 10.0. The summed E-state index contributed by atoms with van der Waals surface area (Å²) in [6.45, 7) is 8.79. The second-order valence-electron chi connectivity index (χ2n) is 8.89. The zero-order chi connectivity index (χ0) is 27.0. The maximum absolute atomic E-state index is 13.2. The molecule has 0 saturated heterocycles. The van der Waals surface area contributed by atoms with Crippen LogP contribution < -0.4 is 5.01 Å². The third kappa shape index (κ3) is 5.17. The summed E-state index contributed by atoms with van der Waals surface area (Å²) >= 11 is 6.18. The number of carbonyl (C=O) groups excluding carboxylic acids is 2. The van der Waals surface area contributed by atoms with E-state index in [1.165, 1.54) is 29.3 Å². The lowest BCUT2D eigenvalue weighted by atomic mass is 10.0. The van der Waals surface area contributed by atoms with Crippen LogP contribution in [0.25, 0.3) is 17.4 Å². The average Bonchev–Trinajstić information content (AvgIpc) is 3.40. The first-order valence-electron chi connectivity index (χ1n) is 11.4. The molecule has 0 atom stereocenters. The van der Waals surface area contributed by atoms with Crippen molar-refractivity contribution in [1.29, 1.82) is 0 Å². The minimum atomic E-state index is -0.603. The van der Waals surface area contributed by atoms with Crippen molar-refractivity contribution in [3.05, 3.63) is 85.6 Å². The Bertz CT molecular complexity index is 1500. The van der Waals surface area contributed by atoms with E-state index in [9.17, 15) is 19.7 Å². The van der Waals surface area contributed by atoms with Gasteiger partial charge < -0.3 is 9.15 Å². The van der Waals surface area contributed by atoms with Crippen LogP contribution in [0.1, 0.15) is 48.0 Å². The summed E-state index contributed by atoms with van der Waals surface area (Å²) in [6, 6.07) is 11.0. The van der Waals surface area contributed by atoms with Gasteiger partial charge in [-0.2, -0.15) is 10.1 Å². The second-order valence-corrected chi connectivity index (χ2v) is 9.30. The SMILES string of the molecule is CC1=NN(c2ccc(Cl)c(C(=O)OC(C)C)c2)C(=O)/C1=C\c1ccc(-c2cc(C)c(C)cc2[N+](=O)[O-])o1. The third-order valence-electron chi connectivity index (χ3n) is 5.81. The van der Waals surface area contributed by atoms with Gasteiger partial charge in [0.25, 0.3) is 11.6 Å². The van der Waals surface area contributed by atoms with Crippen LogP contribution in [0.3, 0.4) is 0 Å². The maximum atomic E-state index is 13.2. The summed E-state index contributed by atoms with van der Waals surface area (Å²) < 4.78 is 11.1. The third-order valence-corrected chi connectivity index (χ3v) is 6.14. The number of aryl methyl sites for hydroxylation is 2. The van der Waals surface area contributed by atoms with E-state index >= 15 is 0 Å². The molecule has 1 aromatic heterocycles. The highest BCUT2D eigenvalue weighted by Gasteiger charge is 2.30. The summed E-state index contributed by atoms with van der Waals surface area (Å²) in [5, 5.41) is 17.3. The Morgan fingerprint density at radius 3 is 2.51 bits per heavy atom. The summed E-state index contributed by atoms with van der Waals surface area (Å²) in [4.78, 5) is 36.8. The Labute approximate surface area is 218 Å². The van der Waals surface area contributed by atoms with Crippen LogP contribution in [0.5, 0.6) is 0 Å². The zero-order valence-corrected chi connectivity index (χ0v) is 21.6. The fourth-order valence-corrected chi connectivity index (χ4v) is 4.00. The van der Waals surface area contributed by atoms with Gasteiger partial charge in [-0.05, 0) is 88.2 Å². The molecule has 1 amide bonds. The number of nitrogens with zero attached hydrogens (tertiary/aromatic N) is 3. The number of hydrogen-bond acceptors (Lipinski definition) is 7. The van der Waals surface area contributed by atoms with E-state index in [0.29, 0.717) is 28.5 Å². The molecule has 9 nitrogen and oxygen atoms in total. The van der Waals surface area contributed by atoms with Gasteiger partial charge in [0.2, 0.25) is 0 Å². The predicted octanol–water partition coefficient (Wildman–Crippen LogP) is 6.50. The van der Waals surface area contributed by atoms with Crippen LogP contribution in [0.2, 0.25) is 5.02 Å². The van der Waals surface area contributed by atoms with Crippen molar-refractivity contribution in [1.82, 2.24) is 0 Å². The zero-order valence-electron chi connectivity index (χ0n) is 20.9. The van der Waals surface area contributed by atoms with Crippen molar-refractivity contribution in [3.8, 4) is 11.3 Å². The number of nitro groups is 1. The molecule has 0 N–H and O–H groups in total. The number of halogens is 1. The van der Waals surface area contributed by atoms with Gasteiger partial charge in [-0.15, -0.1) is 0 Å². The molecule has 0 spiro atoms. The molecule has 0 saturated carbocycles. The summed E-state index contributed by atoms with van der Waals surface area (Å²) in [5.41, 5.74) is 3.15. The fraction of sp³-hybridized carbons (Fsp3) is 0.222. The van der Waals surface area contributed by atoms with Gasteiger partial charge in [0.05, 0.1) is 44.1 Å². The van der Waals surface area contributed by atoms with Crippen LogP contribution in [-0.4, -0.2) is 28.6 Å². The van der Waals surface area contributed by atoms with Gasteiger partial charge in [0.15, 0.2) is 0 Å². The van der Waals surface area contributed by atoms with Crippen LogP contribution in [0.15, 0.2) is 57.6 Å². The fourth-order valence-electron chi connectivity index (χ4n) is 3.81. The number of ether oxygens (including phenoxy) is 1. The Kier molecular flexibility index (Phi) is 7.00. The van der Waals surface area contributed by atoms with Crippen LogP contribution >= 0.6 is 11.6 Å². The molecule has 0 bridgehead atoms. The maximum Gasteiger partial charge on any atom is 0.339 e. The molecule has 37 heavy (non-hydrogen) atoms. The minimum absolute atomic E-state index is 0.0629. The Morgan fingerprint density at radius 2 is 1.84 bits per heavy atom. The first-order valence-corrected chi connectivity index (χ1v) is 11.8. The summed E-state index contributed by atoms with van der Waals surface area (Å²) in [5.74, 6) is -0.393. The van der Waals surface area contributed by atoms with E-state index in [2.05, 4.69) is 5.10 Å². The van der Waals surface area contributed by atoms with Gasteiger partial charge >= 0.3 is 5.97 Å². The number of amides is 1. The summed E-state index contributed by atoms with van der Waals surface area (Å²) in [7, 11) is 0. The molecular formula is C27H24ClN3O6. The molecule has 190 valence electrons. The molecule has 4 rings (SSSR count). The molecule has 3 aromatic rings. The number of rotatable bonds is 6. The Morgan fingerprint density at radius 1 is 1.14 bits per heavy atom. The van der Waals surface area contributed by atoms with Crippen LogP contribution in [-0.2, 0) is 9.53 Å². The molecule has 2 aromatic carbocycles. The first-order chi connectivity index (χ1) is 17.5. The number of furan rings is 1. The van der Waals surface area contributed by atoms with Crippen molar-refractivity contribution in [2.75, 3.05) is 5.01 Å². The van der Waals surface area contributed by atoms with Crippen molar-refractivity contribution in [3.63, 3.8) is 0 Å². The van der Waals surface area contributed by atoms with Gasteiger partial charge in [-0.25, -0.2) is 4.79 Å². The average molecular weight is 522 g/mol. The quantitative estimate of drug-likeness (QED) is 0.158. The molecule has 1 aliphatic rings. The molecule has 2 heterocycles. The smallest absolute Gasteiger partial charge is 0.339 e. The monoisotopic (exact) mass is 521 g/mol. The van der Waals surface area contributed by atoms with E-state index in [4.69, 9.17) is 20.8 Å². The molecule has 0 radical (unpaired) electrons. The van der Waals surface area contributed by atoms with Crippen molar-refractivity contribution in [2.45, 2.75) is 40.7 Å². The Hall–Kier alpha value is -4.24. The highest BCUT2D eigenvalue weighted by Crippen LogP contribution is 2.35. The minimum Gasteiger partial charge on any atom is -0.459 e. The number of benzene rings is 2. The van der Waals surface area contributed by atoms with Gasteiger partial charge in [0, 0.05) is 6.07 Å². The predicted molar refractivity (Wildman–Crippen MR) is 141 cm³/mol. The Balaban J connectivity index is 1.64. The number of hydrazone groups is 1. The molecule has 1 aliphatic heterocycles. The van der Waals surface area contributed by atoms with E-state index in [1.54, 1.807) is 52.0 Å². The normalized spacial score (nSPS) is 14.5. The lowest BCUT2D eigenvalue weighted by Gasteiger charge is -2.14. The number of nitro benzene ring substituents is 1. The highest BCUT2D eigenvalue weighted by atomic mass is 35.5. The number of hydrogen-bond donors (Lipinski definition) is 0. The van der Waals surface area contributed by atoms with Gasteiger partial charge in [-0.3, -0.25) is 14.9 Å². The van der Waals surface area contributed by atoms with E-state index < -0.39 is 16.8 Å². The van der Waals surface area contributed by atoms with Gasteiger partial charge in [0.1, 0.15) is 11.5 Å². The lowest BCUT2D eigenvalue weighted by molar-refractivity contribution is -0.384. The molecular weight excluding hydrogens is 498 g/mol. The van der Waals surface area contributed by atoms with E-state index in [1.807, 2.05) is 6.92 Å². The van der Waals surface area contributed by atoms with E-state index in [-0.39, 0.29) is 28.0 Å². The number of anilines is 1. The first kappa shape index (κ1) is 25.8. The van der Waals surface area contributed by atoms with Gasteiger partial charge in [-0.1, -0.05) is 11.6 Å². The van der Waals surface area contributed by atoms with Crippen LogP contribution in [0.4, 0.5) is 11.4 Å². The lowest BCUT2D eigenvalue weighted by Crippen LogP contribution is -2.22. The molecule has 10 heteroatoms. The van der Waals surface area contributed by atoms with Crippen LogP contribution in [0, 0.1) is 24.0 Å². The number of esters is 1. The molecule has 0 unspecified atom stereocenters. The standard InChI is InChI=1S/C27H24ClN3O6/c1-14(2)36-27(33)21-12-18(6-8-23(21)28)30-26(32)20(17(5)29-30)13-19-7-9-25(37-19)22-10-15(3)16(4)11-24(22)31(34)35/h6-14H,1-5H3/b20-13-. The summed E-state index contributed by atoms with van der Waals surface area (Å²) in [6.07, 6.45) is 1.19. The van der Waals surface area contributed by atoms with E-state index in [0.717, 1.165) is 11.1 Å². The molecule has 0 aliphatic carbocycles. The van der Waals surface area contributed by atoms with Crippen molar-refractivity contribution < 1.29 is 23.7 Å². The molecule has 0 fully saturated rings. The highest BCUT2D eigenvalue weighted by molar-refractivity contribution is 6.34. The number of carbonyl (C=O) groups is 2. The van der Waals surface area contributed by atoms with Crippen molar-refractivity contribution in [2.24, 2.45) is 5.10 Å². The topological polar surface area (TPSA) is 115 Å². The van der Waals surface area contributed by atoms with Crippen molar-refractivity contribution >= 4 is 46.6 Å².